The second kappa shape index (κ2) is 7.07. The van der Waals surface area contributed by atoms with Gasteiger partial charge in [-0.25, -0.2) is 9.97 Å². The van der Waals surface area contributed by atoms with Crippen molar-refractivity contribution < 1.29 is 9.53 Å². The molecule has 0 spiro atoms. The number of anilines is 1. The number of nitrogens with one attached hydrogen (secondary N) is 2. The van der Waals surface area contributed by atoms with Gasteiger partial charge in [0.25, 0.3) is 0 Å². The zero-order valence-corrected chi connectivity index (χ0v) is 12.1. The molecule has 1 aromatic rings. The SMILES string of the molecule is CC(C)Oc1cc(NCCCC(=O)NC2CC2)ncn1. The summed E-state index contributed by atoms with van der Waals surface area (Å²) >= 11 is 0. The number of nitrogens with zero attached hydrogens (tertiary/aromatic N) is 2. The lowest BCUT2D eigenvalue weighted by Gasteiger charge is -2.10. The van der Waals surface area contributed by atoms with Crippen molar-refractivity contribution in [3.8, 4) is 5.88 Å². The fraction of sp³-hybridized carbons (Fsp3) is 0.643. The standard InChI is InChI=1S/C14H22N4O2/c1-10(2)20-14-8-12(16-9-17-14)15-7-3-4-13(19)18-11-5-6-11/h8-11H,3-7H2,1-2H3,(H,18,19)(H,15,16,17). The lowest BCUT2D eigenvalue weighted by molar-refractivity contribution is -0.121. The maximum atomic E-state index is 11.5. The Kier molecular flexibility index (Phi) is 5.15. The van der Waals surface area contributed by atoms with Gasteiger partial charge in [-0.2, -0.15) is 0 Å². The van der Waals surface area contributed by atoms with Crippen LogP contribution in [-0.2, 0) is 4.79 Å². The zero-order valence-electron chi connectivity index (χ0n) is 12.1. The van der Waals surface area contributed by atoms with Crippen LogP contribution in [0.15, 0.2) is 12.4 Å². The highest BCUT2D eigenvalue weighted by molar-refractivity contribution is 5.76. The van der Waals surface area contributed by atoms with Crippen LogP contribution in [0.1, 0.15) is 39.5 Å². The highest BCUT2D eigenvalue weighted by Gasteiger charge is 2.22. The van der Waals surface area contributed by atoms with Gasteiger partial charge in [0.2, 0.25) is 11.8 Å². The van der Waals surface area contributed by atoms with Crippen molar-refractivity contribution in [3.63, 3.8) is 0 Å². The third-order valence-electron chi connectivity index (χ3n) is 2.83. The normalized spacial score (nSPS) is 14.2. The Morgan fingerprint density at radius 1 is 1.45 bits per heavy atom. The predicted octanol–water partition coefficient (Wildman–Crippen LogP) is 1.73. The Hall–Kier alpha value is -1.85. The van der Waals surface area contributed by atoms with Crippen molar-refractivity contribution in [2.45, 2.75) is 51.7 Å². The number of carbonyl (C=O) groups excluding carboxylic acids is 1. The quantitative estimate of drug-likeness (QED) is 0.708. The maximum Gasteiger partial charge on any atom is 0.220 e. The summed E-state index contributed by atoms with van der Waals surface area (Å²) in [6.07, 6.45) is 5.14. The maximum absolute atomic E-state index is 11.5. The first-order valence-corrected chi connectivity index (χ1v) is 7.15. The first-order chi connectivity index (χ1) is 9.63. The van der Waals surface area contributed by atoms with E-state index in [0.29, 0.717) is 24.9 Å². The van der Waals surface area contributed by atoms with Crippen molar-refractivity contribution >= 4 is 11.7 Å². The van der Waals surface area contributed by atoms with Gasteiger partial charge in [0.15, 0.2) is 0 Å². The molecule has 1 aliphatic rings. The number of aromatic nitrogens is 2. The minimum absolute atomic E-state index is 0.0869. The molecule has 1 saturated carbocycles. The number of amides is 1. The molecule has 0 aliphatic heterocycles. The first kappa shape index (κ1) is 14.6. The molecule has 1 aromatic heterocycles. The Balaban J connectivity index is 1.66. The molecule has 0 atom stereocenters. The summed E-state index contributed by atoms with van der Waals surface area (Å²) in [6.45, 7) is 4.61. The van der Waals surface area contributed by atoms with Gasteiger partial charge < -0.3 is 15.4 Å². The van der Waals surface area contributed by atoms with Crippen molar-refractivity contribution in [2.75, 3.05) is 11.9 Å². The molecule has 0 unspecified atom stereocenters. The molecule has 6 nitrogen and oxygen atoms in total. The first-order valence-electron chi connectivity index (χ1n) is 7.15. The predicted molar refractivity (Wildman–Crippen MR) is 76.7 cm³/mol. The number of carbonyl (C=O) groups is 1. The molecule has 6 heteroatoms. The minimum Gasteiger partial charge on any atom is -0.475 e. The fourth-order valence-electron chi connectivity index (χ4n) is 1.73. The van der Waals surface area contributed by atoms with E-state index in [-0.39, 0.29) is 12.0 Å². The molecule has 2 rings (SSSR count). The average Bonchev–Trinajstić information content (AvgIpc) is 3.18. The molecular weight excluding hydrogens is 256 g/mol. The van der Waals surface area contributed by atoms with Gasteiger partial charge >= 0.3 is 0 Å². The minimum atomic E-state index is 0.0869. The molecule has 1 amide bonds. The fourth-order valence-corrected chi connectivity index (χ4v) is 1.73. The second-order valence-electron chi connectivity index (χ2n) is 5.28. The Labute approximate surface area is 119 Å². The van der Waals surface area contributed by atoms with Gasteiger partial charge in [0, 0.05) is 25.1 Å². The summed E-state index contributed by atoms with van der Waals surface area (Å²) in [6, 6.07) is 2.21. The van der Waals surface area contributed by atoms with Crippen LogP contribution >= 0.6 is 0 Å². The number of ether oxygens (including phenoxy) is 1. The van der Waals surface area contributed by atoms with Crippen LogP contribution in [-0.4, -0.2) is 34.6 Å². The van der Waals surface area contributed by atoms with Gasteiger partial charge in [-0.1, -0.05) is 0 Å². The van der Waals surface area contributed by atoms with E-state index in [1.165, 1.54) is 6.33 Å². The zero-order chi connectivity index (χ0) is 14.4. The lowest BCUT2D eigenvalue weighted by atomic mass is 10.3. The molecule has 20 heavy (non-hydrogen) atoms. The second-order valence-corrected chi connectivity index (χ2v) is 5.28. The molecule has 1 fully saturated rings. The van der Waals surface area contributed by atoms with Gasteiger partial charge in [-0.15, -0.1) is 0 Å². The average molecular weight is 278 g/mol. The lowest BCUT2D eigenvalue weighted by Crippen LogP contribution is -2.25. The topological polar surface area (TPSA) is 76.1 Å². The van der Waals surface area contributed by atoms with E-state index in [2.05, 4.69) is 20.6 Å². The summed E-state index contributed by atoms with van der Waals surface area (Å²) in [7, 11) is 0. The van der Waals surface area contributed by atoms with Crippen LogP contribution < -0.4 is 15.4 Å². The van der Waals surface area contributed by atoms with E-state index >= 15 is 0 Å². The summed E-state index contributed by atoms with van der Waals surface area (Å²) in [5.41, 5.74) is 0. The van der Waals surface area contributed by atoms with Gasteiger partial charge in [0.05, 0.1) is 6.10 Å². The summed E-state index contributed by atoms with van der Waals surface area (Å²) < 4.78 is 5.49. The van der Waals surface area contributed by atoms with Crippen molar-refractivity contribution in [3.05, 3.63) is 12.4 Å². The van der Waals surface area contributed by atoms with Crippen LogP contribution in [0.3, 0.4) is 0 Å². The largest absolute Gasteiger partial charge is 0.475 e. The van der Waals surface area contributed by atoms with Crippen molar-refractivity contribution in [1.82, 2.24) is 15.3 Å². The third kappa shape index (κ3) is 5.42. The van der Waals surface area contributed by atoms with E-state index < -0.39 is 0 Å². The molecule has 1 heterocycles. The van der Waals surface area contributed by atoms with Crippen molar-refractivity contribution in [1.29, 1.82) is 0 Å². The van der Waals surface area contributed by atoms with E-state index in [1.807, 2.05) is 13.8 Å². The molecule has 0 aromatic carbocycles. The van der Waals surface area contributed by atoms with Gasteiger partial charge in [-0.3, -0.25) is 4.79 Å². The van der Waals surface area contributed by atoms with E-state index in [0.717, 1.165) is 25.1 Å². The summed E-state index contributed by atoms with van der Waals surface area (Å²) in [4.78, 5) is 19.7. The number of rotatable bonds is 8. The Bertz CT molecular complexity index is 447. The van der Waals surface area contributed by atoms with Crippen LogP contribution in [0.5, 0.6) is 5.88 Å². The van der Waals surface area contributed by atoms with E-state index in [9.17, 15) is 4.79 Å². The highest BCUT2D eigenvalue weighted by Crippen LogP contribution is 2.18. The summed E-state index contributed by atoms with van der Waals surface area (Å²) in [5.74, 6) is 1.42. The van der Waals surface area contributed by atoms with Crippen LogP contribution in [0.25, 0.3) is 0 Å². The molecule has 2 N–H and O–H groups in total. The van der Waals surface area contributed by atoms with Gasteiger partial charge in [-0.05, 0) is 33.1 Å². The molecule has 1 aliphatic carbocycles. The molecule has 110 valence electrons. The summed E-state index contributed by atoms with van der Waals surface area (Å²) in [5, 5.41) is 6.14. The van der Waals surface area contributed by atoms with Gasteiger partial charge in [0.1, 0.15) is 12.1 Å². The third-order valence-corrected chi connectivity index (χ3v) is 2.83. The molecule has 0 radical (unpaired) electrons. The molecule has 0 bridgehead atoms. The van der Waals surface area contributed by atoms with Crippen LogP contribution in [0.2, 0.25) is 0 Å². The van der Waals surface area contributed by atoms with Crippen LogP contribution in [0, 0.1) is 0 Å². The Morgan fingerprint density at radius 3 is 2.95 bits per heavy atom. The molecular formula is C14H22N4O2. The highest BCUT2D eigenvalue weighted by atomic mass is 16.5. The Morgan fingerprint density at radius 2 is 2.25 bits per heavy atom. The number of hydrogen-bond acceptors (Lipinski definition) is 5. The monoisotopic (exact) mass is 278 g/mol. The van der Waals surface area contributed by atoms with Crippen LogP contribution in [0.4, 0.5) is 5.82 Å². The van der Waals surface area contributed by atoms with Crippen molar-refractivity contribution in [2.24, 2.45) is 0 Å². The molecule has 0 saturated heterocycles. The number of hydrogen-bond donors (Lipinski definition) is 2. The smallest absolute Gasteiger partial charge is 0.220 e. The van der Waals surface area contributed by atoms with E-state index in [1.54, 1.807) is 6.07 Å². The van der Waals surface area contributed by atoms with E-state index in [4.69, 9.17) is 4.74 Å².